The molecule has 0 unspecified atom stereocenters. The van der Waals surface area contributed by atoms with Crippen molar-refractivity contribution < 1.29 is 14.7 Å². The number of hydrogen-bond acceptors (Lipinski definition) is 4. The van der Waals surface area contributed by atoms with E-state index in [0.29, 0.717) is 17.7 Å². The number of rotatable bonds is 4. The molecule has 0 atom stereocenters. The first-order valence-electron chi connectivity index (χ1n) is 6.16. The summed E-state index contributed by atoms with van der Waals surface area (Å²) >= 11 is 0. The summed E-state index contributed by atoms with van der Waals surface area (Å²) in [5.74, 6) is 4.54. The van der Waals surface area contributed by atoms with Crippen LogP contribution in [0.5, 0.6) is 0 Å². The van der Waals surface area contributed by atoms with Crippen LogP contribution in [0.4, 0.5) is 0 Å². The zero-order valence-corrected chi connectivity index (χ0v) is 11.5. The van der Waals surface area contributed by atoms with Crippen molar-refractivity contribution in [3.8, 4) is 11.8 Å². The molecule has 2 N–H and O–H groups in total. The predicted molar refractivity (Wildman–Crippen MR) is 73.8 cm³/mol. The maximum atomic E-state index is 12.0. The summed E-state index contributed by atoms with van der Waals surface area (Å²) < 4.78 is 0. The molecular formula is C14H17N3O3. The van der Waals surface area contributed by atoms with Gasteiger partial charge < -0.3 is 15.3 Å². The lowest BCUT2D eigenvalue weighted by atomic mass is 10.1. The lowest BCUT2D eigenvalue weighted by molar-refractivity contribution is -0.128. The third-order valence-electron chi connectivity index (χ3n) is 2.67. The quantitative estimate of drug-likeness (QED) is 0.735. The topological polar surface area (TPSA) is 82.5 Å². The third-order valence-corrected chi connectivity index (χ3v) is 2.67. The van der Waals surface area contributed by atoms with E-state index < -0.39 is 5.91 Å². The van der Waals surface area contributed by atoms with Crippen LogP contribution in [-0.4, -0.2) is 53.5 Å². The molecule has 0 aliphatic heterocycles. The largest absolute Gasteiger partial charge is 0.384 e. The number of carbonyl (C=O) groups excluding carboxylic acids is 2. The number of aliphatic hydroxyl groups excluding tert-OH is 1. The number of hydrogen-bond donors (Lipinski definition) is 2. The van der Waals surface area contributed by atoms with Gasteiger partial charge in [-0.1, -0.05) is 11.8 Å². The molecule has 0 aromatic carbocycles. The molecule has 1 aromatic rings. The Labute approximate surface area is 117 Å². The highest BCUT2D eigenvalue weighted by Gasteiger charge is 2.12. The van der Waals surface area contributed by atoms with Gasteiger partial charge in [-0.2, -0.15) is 0 Å². The van der Waals surface area contributed by atoms with Crippen LogP contribution in [0.25, 0.3) is 0 Å². The highest BCUT2D eigenvalue weighted by Crippen LogP contribution is 2.05. The zero-order chi connectivity index (χ0) is 15.0. The fraction of sp³-hybridized carbons (Fsp3) is 0.357. The van der Waals surface area contributed by atoms with Gasteiger partial charge in [0.25, 0.3) is 5.91 Å². The van der Waals surface area contributed by atoms with E-state index in [1.54, 1.807) is 7.05 Å². The summed E-state index contributed by atoms with van der Waals surface area (Å²) in [5, 5.41) is 11.2. The van der Waals surface area contributed by atoms with Crippen molar-refractivity contribution in [1.29, 1.82) is 0 Å². The lowest BCUT2D eigenvalue weighted by Gasteiger charge is -2.14. The van der Waals surface area contributed by atoms with E-state index in [0.717, 1.165) is 0 Å². The summed E-state index contributed by atoms with van der Waals surface area (Å²) in [5.41, 5.74) is 0.739. The molecule has 1 rings (SSSR count). The fourth-order valence-electron chi connectivity index (χ4n) is 1.39. The first-order chi connectivity index (χ1) is 9.60. The molecule has 6 heteroatoms. The minimum absolute atomic E-state index is 0.0711. The Morgan fingerprint density at radius 2 is 2.25 bits per heavy atom. The van der Waals surface area contributed by atoms with Crippen molar-refractivity contribution in [1.82, 2.24) is 15.2 Å². The van der Waals surface area contributed by atoms with Crippen LogP contribution in [0, 0.1) is 11.8 Å². The molecule has 0 radical (unpaired) electrons. The Morgan fingerprint density at radius 3 is 2.90 bits per heavy atom. The highest BCUT2D eigenvalue weighted by molar-refractivity contribution is 5.98. The molecule has 0 spiro atoms. The van der Waals surface area contributed by atoms with Gasteiger partial charge in [-0.05, 0) is 13.0 Å². The second kappa shape index (κ2) is 7.92. The van der Waals surface area contributed by atoms with Crippen LogP contribution in [-0.2, 0) is 4.79 Å². The summed E-state index contributed by atoms with van der Waals surface area (Å²) in [6.45, 7) is 2.07. The Balaban J connectivity index is 2.75. The summed E-state index contributed by atoms with van der Waals surface area (Å²) in [6.07, 6.45) is 2.91. The lowest BCUT2D eigenvalue weighted by Crippen LogP contribution is -2.38. The van der Waals surface area contributed by atoms with E-state index in [9.17, 15) is 9.59 Å². The number of nitrogens with zero attached hydrogens (tertiary/aromatic N) is 2. The van der Waals surface area contributed by atoms with E-state index in [-0.39, 0.29) is 19.1 Å². The summed E-state index contributed by atoms with van der Waals surface area (Å²) in [6, 6.07) is 1.52. The Morgan fingerprint density at radius 1 is 1.50 bits per heavy atom. The standard InChI is InChI=1S/C14H17N3O3/c1-3-17(2)13(19)10-16-14(20)12-6-7-15-9-11(12)5-4-8-18/h6-7,9,18H,3,8,10H2,1-2H3,(H,16,20). The number of aromatic nitrogens is 1. The molecule has 20 heavy (non-hydrogen) atoms. The average molecular weight is 275 g/mol. The number of pyridine rings is 1. The van der Waals surface area contributed by atoms with Gasteiger partial charge >= 0.3 is 0 Å². The first-order valence-corrected chi connectivity index (χ1v) is 6.16. The van der Waals surface area contributed by atoms with Crippen molar-refractivity contribution in [2.24, 2.45) is 0 Å². The SMILES string of the molecule is CCN(C)C(=O)CNC(=O)c1ccncc1C#CCO. The van der Waals surface area contributed by atoms with Crippen molar-refractivity contribution in [3.63, 3.8) is 0 Å². The number of aliphatic hydroxyl groups is 1. The van der Waals surface area contributed by atoms with Gasteiger partial charge in [-0.15, -0.1) is 0 Å². The summed E-state index contributed by atoms with van der Waals surface area (Å²) in [7, 11) is 1.67. The van der Waals surface area contributed by atoms with Crippen molar-refractivity contribution in [2.75, 3.05) is 26.7 Å². The average Bonchev–Trinajstić information content (AvgIpc) is 2.49. The van der Waals surface area contributed by atoms with Gasteiger partial charge in [0, 0.05) is 26.0 Å². The van der Waals surface area contributed by atoms with Gasteiger partial charge in [0.2, 0.25) is 5.91 Å². The van der Waals surface area contributed by atoms with Gasteiger partial charge in [0.1, 0.15) is 6.61 Å². The van der Waals surface area contributed by atoms with E-state index in [2.05, 4.69) is 22.1 Å². The molecule has 106 valence electrons. The van der Waals surface area contributed by atoms with Gasteiger partial charge in [0.05, 0.1) is 17.7 Å². The molecule has 6 nitrogen and oxygen atoms in total. The molecule has 2 amide bonds. The molecule has 0 aliphatic rings. The first kappa shape index (κ1) is 15.7. The van der Waals surface area contributed by atoms with E-state index in [1.807, 2.05) is 6.92 Å². The fourth-order valence-corrected chi connectivity index (χ4v) is 1.39. The van der Waals surface area contributed by atoms with Crippen LogP contribution in [0.15, 0.2) is 18.5 Å². The second-order valence-electron chi connectivity index (χ2n) is 3.97. The highest BCUT2D eigenvalue weighted by atomic mass is 16.2. The van der Waals surface area contributed by atoms with Crippen LogP contribution < -0.4 is 5.32 Å². The number of nitrogens with one attached hydrogen (secondary N) is 1. The monoisotopic (exact) mass is 275 g/mol. The van der Waals surface area contributed by atoms with Crippen LogP contribution >= 0.6 is 0 Å². The van der Waals surface area contributed by atoms with Gasteiger partial charge in [-0.25, -0.2) is 0 Å². The van der Waals surface area contributed by atoms with Gasteiger partial charge in [-0.3, -0.25) is 14.6 Å². The van der Waals surface area contributed by atoms with Crippen molar-refractivity contribution in [3.05, 3.63) is 29.6 Å². The zero-order valence-electron chi connectivity index (χ0n) is 11.5. The Hall–Kier alpha value is -2.39. The van der Waals surface area contributed by atoms with Crippen molar-refractivity contribution in [2.45, 2.75) is 6.92 Å². The number of amides is 2. The van der Waals surface area contributed by atoms with Crippen molar-refractivity contribution >= 4 is 11.8 Å². The van der Waals surface area contributed by atoms with Gasteiger partial charge in [0.15, 0.2) is 0 Å². The van der Waals surface area contributed by atoms with E-state index in [1.165, 1.54) is 23.4 Å². The molecule has 1 aromatic heterocycles. The second-order valence-corrected chi connectivity index (χ2v) is 3.97. The van der Waals surface area contributed by atoms with E-state index >= 15 is 0 Å². The molecule has 1 heterocycles. The maximum absolute atomic E-state index is 12.0. The Kier molecular flexibility index (Phi) is 6.20. The maximum Gasteiger partial charge on any atom is 0.253 e. The minimum Gasteiger partial charge on any atom is -0.384 e. The Bertz CT molecular complexity index is 546. The normalized spacial score (nSPS) is 9.35. The van der Waals surface area contributed by atoms with Crippen LogP contribution in [0.2, 0.25) is 0 Å². The van der Waals surface area contributed by atoms with Crippen LogP contribution in [0.1, 0.15) is 22.8 Å². The minimum atomic E-state index is -0.396. The number of carbonyl (C=O) groups is 2. The molecular weight excluding hydrogens is 258 g/mol. The molecule has 0 saturated heterocycles. The van der Waals surface area contributed by atoms with E-state index in [4.69, 9.17) is 5.11 Å². The molecule has 0 aliphatic carbocycles. The smallest absolute Gasteiger partial charge is 0.253 e. The third kappa shape index (κ3) is 4.37. The molecule has 0 fully saturated rings. The molecule has 0 saturated carbocycles. The summed E-state index contributed by atoms with van der Waals surface area (Å²) in [4.78, 5) is 29.0. The predicted octanol–water partition coefficient (Wildman–Crippen LogP) is -0.367. The molecule has 0 bridgehead atoms. The number of likely N-dealkylation sites (N-methyl/N-ethyl adjacent to an activating group) is 1. The van der Waals surface area contributed by atoms with Crippen LogP contribution in [0.3, 0.4) is 0 Å².